The Bertz CT molecular complexity index is 1110. The van der Waals surface area contributed by atoms with Gasteiger partial charge in [-0.05, 0) is 54.8 Å². The van der Waals surface area contributed by atoms with Crippen molar-refractivity contribution in [2.75, 3.05) is 5.75 Å². The molecule has 0 bridgehead atoms. The number of thioether (sulfide) groups is 1. The molecule has 3 aromatic carbocycles. The number of hydrogen-bond acceptors (Lipinski definition) is 3. The molecule has 1 atom stereocenters. The van der Waals surface area contributed by atoms with Gasteiger partial charge in [-0.3, -0.25) is 9.59 Å². The molecule has 0 aromatic heterocycles. The Balaban J connectivity index is 1.84. The number of nitrogens with zero attached hydrogens (tertiary/aromatic N) is 1. The average Bonchev–Trinajstić information content (AvgIpc) is 2.82. The predicted octanol–water partition coefficient (Wildman–Crippen LogP) is 5.88. The fourth-order valence-electron chi connectivity index (χ4n) is 3.69. The highest BCUT2D eigenvalue weighted by Gasteiger charge is 2.30. The van der Waals surface area contributed by atoms with Crippen LogP contribution >= 0.6 is 23.4 Å². The molecule has 0 aliphatic heterocycles. The fraction of sp³-hybridized carbons (Fsp3) is 0.286. The average molecular weight is 513 g/mol. The number of carbonyl (C=O) groups excluding carboxylic acids is 2. The molecular weight excluding hydrogens is 483 g/mol. The molecule has 0 saturated heterocycles. The van der Waals surface area contributed by atoms with Crippen LogP contribution in [0, 0.1) is 5.82 Å². The first kappa shape index (κ1) is 26.8. The van der Waals surface area contributed by atoms with Crippen molar-refractivity contribution in [2.24, 2.45) is 0 Å². The van der Waals surface area contributed by atoms with Gasteiger partial charge in [0.25, 0.3) is 0 Å². The third-order valence-electron chi connectivity index (χ3n) is 5.35. The molecule has 2 amide bonds. The lowest BCUT2D eigenvalue weighted by Crippen LogP contribution is -2.52. The molecule has 1 N–H and O–H groups in total. The van der Waals surface area contributed by atoms with Crippen molar-refractivity contribution in [1.29, 1.82) is 0 Å². The molecule has 35 heavy (non-hydrogen) atoms. The highest BCUT2D eigenvalue weighted by atomic mass is 35.5. The molecular formula is C28H30ClFN2O2S. The Hall–Kier alpha value is -2.83. The molecule has 3 rings (SSSR count). The van der Waals surface area contributed by atoms with E-state index in [-0.39, 0.29) is 36.0 Å². The normalized spacial score (nSPS) is 11.8. The fourth-order valence-corrected chi connectivity index (χ4v) is 4.76. The van der Waals surface area contributed by atoms with E-state index in [0.29, 0.717) is 17.2 Å². The van der Waals surface area contributed by atoms with Crippen molar-refractivity contribution in [3.8, 4) is 0 Å². The van der Waals surface area contributed by atoms with Crippen LogP contribution in [0.5, 0.6) is 0 Å². The van der Waals surface area contributed by atoms with E-state index in [0.717, 1.165) is 16.7 Å². The summed E-state index contributed by atoms with van der Waals surface area (Å²) in [4.78, 5) is 28.4. The maximum Gasteiger partial charge on any atom is 0.243 e. The first-order valence-corrected chi connectivity index (χ1v) is 13.1. The van der Waals surface area contributed by atoms with Gasteiger partial charge in [0.2, 0.25) is 11.8 Å². The van der Waals surface area contributed by atoms with Crippen LogP contribution in [0.1, 0.15) is 30.5 Å². The molecule has 0 radical (unpaired) electrons. The van der Waals surface area contributed by atoms with Crippen molar-refractivity contribution in [1.82, 2.24) is 10.2 Å². The van der Waals surface area contributed by atoms with Gasteiger partial charge in [0, 0.05) is 29.8 Å². The van der Waals surface area contributed by atoms with Crippen molar-refractivity contribution < 1.29 is 14.0 Å². The zero-order valence-electron chi connectivity index (χ0n) is 19.9. The van der Waals surface area contributed by atoms with Crippen LogP contribution in [0.2, 0.25) is 5.02 Å². The number of nitrogens with one attached hydrogen (secondary N) is 1. The van der Waals surface area contributed by atoms with E-state index in [9.17, 15) is 14.0 Å². The summed E-state index contributed by atoms with van der Waals surface area (Å²) in [5.41, 5.74) is 2.74. The molecule has 0 spiro atoms. The van der Waals surface area contributed by atoms with E-state index in [4.69, 9.17) is 11.6 Å². The Labute approximate surface area is 215 Å². The summed E-state index contributed by atoms with van der Waals surface area (Å²) in [6.07, 6.45) is 0.380. The van der Waals surface area contributed by atoms with Crippen molar-refractivity contribution >= 4 is 35.2 Å². The second-order valence-electron chi connectivity index (χ2n) is 8.64. The molecule has 3 aromatic rings. The zero-order valence-corrected chi connectivity index (χ0v) is 21.5. The first-order chi connectivity index (χ1) is 16.8. The largest absolute Gasteiger partial charge is 0.352 e. The number of carbonyl (C=O) groups is 2. The minimum absolute atomic E-state index is 0.0687. The van der Waals surface area contributed by atoms with Crippen LogP contribution < -0.4 is 5.32 Å². The van der Waals surface area contributed by atoms with E-state index in [1.807, 2.05) is 68.4 Å². The van der Waals surface area contributed by atoms with Crippen LogP contribution in [0.3, 0.4) is 0 Å². The standard InChI is InChI=1S/C28H30ClFN2O2S/c1-20(2)31-28(34)26(16-21-7-4-3-5-8-21)32(17-22-11-13-25(30)14-12-22)27(33)19-35-18-23-9-6-10-24(29)15-23/h3-15,20,26H,16-19H2,1-2H3,(H,31,34). The molecule has 0 aliphatic carbocycles. The van der Waals surface area contributed by atoms with Gasteiger partial charge >= 0.3 is 0 Å². The summed E-state index contributed by atoms with van der Waals surface area (Å²) in [5.74, 6) is 0.120. The van der Waals surface area contributed by atoms with Crippen LogP contribution in [0.15, 0.2) is 78.9 Å². The third kappa shape index (κ3) is 8.71. The molecule has 7 heteroatoms. The van der Waals surface area contributed by atoms with Gasteiger partial charge in [-0.15, -0.1) is 11.8 Å². The van der Waals surface area contributed by atoms with Gasteiger partial charge in [0.1, 0.15) is 11.9 Å². The Morgan fingerprint density at radius 1 is 0.943 bits per heavy atom. The highest BCUT2D eigenvalue weighted by molar-refractivity contribution is 7.99. The summed E-state index contributed by atoms with van der Waals surface area (Å²) in [6.45, 7) is 3.99. The number of benzene rings is 3. The van der Waals surface area contributed by atoms with Gasteiger partial charge < -0.3 is 10.2 Å². The lowest BCUT2D eigenvalue weighted by Gasteiger charge is -2.32. The van der Waals surface area contributed by atoms with E-state index < -0.39 is 6.04 Å². The smallest absolute Gasteiger partial charge is 0.243 e. The molecule has 184 valence electrons. The first-order valence-electron chi connectivity index (χ1n) is 11.5. The Morgan fingerprint density at radius 3 is 2.29 bits per heavy atom. The number of amides is 2. The summed E-state index contributed by atoms with van der Waals surface area (Å²) < 4.78 is 13.5. The summed E-state index contributed by atoms with van der Waals surface area (Å²) in [7, 11) is 0. The van der Waals surface area contributed by atoms with Crippen molar-refractivity contribution in [3.05, 3.63) is 106 Å². The second kappa shape index (κ2) is 13.3. The summed E-state index contributed by atoms with van der Waals surface area (Å²) >= 11 is 7.55. The van der Waals surface area contributed by atoms with Gasteiger partial charge in [-0.1, -0.05) is 66.2 Å². The monoisotopic (exact) mass is 512 g/mol. The maximum atomic E-state index is 13.5. The van der Waals surface area contributed by atoms with Gasteiger partial charge in [-0.25, -0.2) is 4.39 Å². The molecule has 4 nitrogen and oxygen atoms in total. The Kier molecular flexibility index (Phi) is 10.2. The maximum absolute atomic E-state index is 13.5. The van der Waals surface area contributed by atoms with Crippen molar-refractivity contribution in [2.45, 2.75) is 44.6 Å². The van der Waals surface area contributed by atoms with Crippen molar-refractivity contribution in [3.63, 3.8) is 0 Å². The molecule has 1 unspecified atom stereocenters. The van der Waals surface area contributed by atoms with Gasteiger partial charge in [0.05, 0.1) is 5.75 Å². The SMILES string of the molecule is CC(C)NC(=O)C(Cc1ccccc1)N(Cc1ccc(F)cc1)C(=O)CSCc1cccc(Cl)c1. The second-order valence-corrected chi connectivity index (χ2v) is 10.1. The molecule has 0 heterocycles. The molecule has 0 aliphatic rings. The number of hydrogen-bond donors (Lipinski definition) is 1. The quantitative estimate of drug-likeness (QED) is 0.349. The third-order valence-corrected chi connectivity index (χ3v) is 6.58. The summed E-state index contributed by atoms with van der Waals surface area (Å²) in [6, 6.07) is 22.4. The van der Waals surface area contributed by atoms with E-state index in [1.54, 1.807) is 17.0 Å². The van der Waals surface area contributed by atoms with Crippen LogP contribution in [-0.2, 0) is 28.3 Å². The minimum Gasteiger partial charge on any atom is -0.352 e. The lowest BCUT2D eigenvalue weighted by atomic mass is 10.0. The highest BCUT2D eigenvalue weighted by Crippen LogP contribution is 2.20. The van der Waals surface area contributed by atoms with Gasteiger partial charge in [0.15, 0.2) is 0 Å². The molecule has 0 fully saturated rings. The van der Waals surface area contributed by atoms with Crippen LogP contribution in [0.25, 0.3) is 0 Å². The number of rotatable bonds is 11. The lowest BCUT2D eigenvalue weighted by molar-refractivity contribution is -0.139. The number of halogens is 2. The zero-order chi connectivity index (χ0) is 25.2. The minimum atomic E-state index is -0.705. The van der Waals surface area contributed by atoms with Crippen LogP contribution in [-0.4, -0.2) is 34.6 Å². The summed E-state index contributed by atoms with van der Waals surface area (Å²) in [5, 5.41) is 3.62. The van der Waals surface area contributed by atoms with E-state index in [1.165, 1.54) is 23.9 Å². The predicted molar refractivity (Wildman–Crippen MR) is 142 cm³/mol. The molecule has 0 saturated carbocycles. The van der Waals surface area contributed by atoms with E-state index >= 15 is 0 Å². The van der Waals surface area contributed by atoms with Crippen LogP contribution in [0.4, 0.5) is 4.39 Å². The topological polar surface area (TPSA) is 49.4 Å². The Morgan fingerprint density at radius 2 is 1.63 bits per heavy atom. The van der Waals surface area contributed by atoms with Gasteiger partial charge in [-0.2, -0.15) is 0 Å². The van der Waals surface area contributed by atoms with E-state index in [2.05, 4.69) is 5.32 Å².